The van der Waals surface area contributed by atoms with Crippen LogP contribution in [0.3, 0.4) is 0 Å². The first-order chi connectivity index (χ1) is 54.9. The molecule has 6 atom stereocenters. The third-order valence-corrected chi connectivity index (χ3v) is 18.5. The smallest absolute Gasteiger partial charge is 0.348 e. The van der Waals surface area contributed by atoms with Crippen molar-refractivity contribution in [3.63, 3.8) is 0 Å². The summed E-state index contributed by atoms with van der Waals surface area (Å²) in [6, 6.07) is 43.0. The average molecular weight is 1640 g/mol. The van der Waals surface area contributed by atoms with Crippen LogP contribution >= 0.6 is 34.8 Å². The Morgan fingerprint density at radius 2 is 0.675 bits per heavy atom. The molecule has 35 heteroatoms. The van der Waals surface area contributed by atoms with E-state index in [9.17, 15) is 62.6 Å². The highest BCUT2D eigenvalue weighted by atomic mass is 35.5. The fourth-order valence-corrected chi connectivity index (χ4v) is 12.7. The molecular formula is C79H90Cl3N9O23. The van der Waals surface area contributed by atoms with Gasteiger partial charge >= 0.3 is 23.9 Å². The van der Waals surface area contributed by atoms with Gasteiger partial charge in [0.25, 0.3) is 47.3 Å². The van der Waals surface area contributed by atoms with Crippen molar-refractivity contribution < 1.29 is 110 Å². The Balaban J connectivity index is 0.000000201. The Morgan fingerprint density at radius 1 is 0.412 bits per heavy atom. The topological polar surface area (TPSA) is 398 Å². The fourth-order valence-electron chi connectivity index (χ4n) is 12.4. The lowest BCUT2D eigenvalue weighted by atomic mass is 10.1. The van der Waals surface area contributed by atoms with Crippen LogP contribution in [0.2, 0.25) is 15.1 Å². The zero-order chi connectivity index (χ0) is 82.4. The number of aliphatic hydroxyl groups excluding tert-OH is 1. The minimum Gasteiger partial charge on any atom is -0.478 e. The van der Waals surface area contributed by atoms with Crippen molar-refractivity contribution in [1.29, 1.82) is 0 Å². The number of carbonyl (C=O) groups is 12. The predicted molar refractivity (Wildman–Crippen MR) is 418 cm³/mol. The van der Waals surface area contributed by atoms with E-state index in [-0.39, 0.29) is 90.1 Å². The van der Waals surface area contributed by atoms with Gasteiger partial charge in [-0.1, -0.05) is 89.4 Å². The van der Waals surface area contributed by atoms with Gasteiger partial charge in [0.2, 0.25) is 18.3 Å². The number of esters is 3. The van der Waals surface area contributed by atoms with Crippen molar-refractivity contribution in [3.05, 3.63) is 177 Å². The molecule has 8 amide bonds. The molecule has 0 radical (unpaired) electrons. The van der Waals surface area contributed by atoms with E-state index in [0.717, 1.165) is 36.6 Å². The van der Waals surface area contributed by atoms with Gasteiger partial charge in [-0.25, -0.2) is 4.79 Å². The highest BCUT2D eigenvalue weighted by Gasteiger charge is 2.46. The summed E-state index contributed by atoms with van der Waals surface area (Å²) in [6.45, 7) is 8.09. The summed E-state index contributed by atoms with van der Waals surface area (Å²) in [5.41, 5.74) is 12.0. The van der Waals surface area contributed by atoms with Crippen LogP contribution < -0.4 is 45.8 Å². The van der Waals surface area contributed by atoms with E-state index in [1.165, 1.54) is 34.1 Å². The van der Waals surface area contributed by atoms with Crippen LogP contribution in [-0.4, -0.2) is 243 Å². The van der Waals surface area contributed by atoms with Crippen LogP contribution in [-0.2, 0) is 119 Å². The number of carbonyl (C=O) groups excluding carboxylic acids is 11. The van der Waals surface area contributed by atoms with Crippen molar-refractivity contribution >= 4 is 140 Å². The molecule has 6 aliphatic rings. The number of hydrogen-bond donors (Lipinski definition) is 5. The number of ether oxygens (including phenoxy) is 9. The molecule has 0 aliphatic carbocycles. The second-order valence-corrected chi connectivity index (χ2v) is 26.9. The van der Waals surface area contributed by atoms with Gasteiger partial charge < -0.3 is 98.6 Å². The normalized spacial score (nSPS) is 18.4. The third-order valence-electron chi connectivity index (χ3n) is 17.7. The Labute approximate surface area is 672 Å². The quantitative estimate of drug-likeness (QED) is 0.0428. The second kappa shape index (κ2) is 44.8. The molecule has 6 heterocycles. The standard InChI is InChI=1S/2C26H28ClN3O7.C18H20N2O8.C8H10ClN.CH4O/c2*1-17(31)37-23(25(33)28-10-9-18-5-7-19(27)8-6-18)24-26(34)30(12-14-36-24)21-4-2-3-20(15-21)29-11-13-35-16-22(29)32;1-11(21)28-16(18(24)25)15-17(23)20(6-8-27-15)13-4-2-3-12(9-13)19-5-7-26-10-14(19)22;9-8-3-1-7(2-4-8)5-6-10;1-2/h2*2-8,15,23-24H,9-14,16H2,1H3,(H,28,33);2-4,9,15-16H,5-8,10H2,1H3,(H,24,25);1-4H,5-6,10H2;2H,1H3/t2*23-,24-;15-,16-;;/m111../s1. The van der Waals surface area contributed by atoms with E-state index in [2.05, 4.69) is 10.6 Å². The number of nitrogens with one attached hydrogen (secondary N) is 2. The lowest BCUT2D eigenvalue weighted by molar-refractivity contribution is -0.177. The summed E-state index contributed by atoms with van der Waals surface area (Å²) in [4.78, 5) is 158. The molecule has 6 aliphatic heterocycles. The molecule has 6 saturated heterocycles. The summed E-state index contributed by atoms with van der Waals surface area (Å²) in [5, 5.41) is 23.8. The van der Waals surface area contributed by atoms with Crippen LogP contribution in [0.5, 0.6) is 0 Å². The van der Waals surface area contributed by atoms with Crippen LogP contribution in [0, 0.1) is 0 Å². The van der Waals surface area contributed by atoms with Gasteiger partial charge in [-0.3, -0.25) is 52.7 Å². The molecule has 6 fully saturated rings. The molecule has 0 saturated carbocycles. The van der Waals surface area contributed by atoms with Crippen molar-refractivity contribution in [2.45, 2.75) is 76.7 Å². The summed E-state index contributed by atoms with van der Waals surface area (Å²) in [7, 11) is 1.00. The van der Waals surface area contributed by atoms with E-state index in [0.29, 0.717) is 103 Å². The van der Waals surface area contributed by atoms with Crippen LogP contribution in [0.4, 0.5) is 34.1 Å². The van der Waals surface area contributed by atoms with Crippen LogP contribution in [0.25, 0.3) is 0 Å². The number of aliphatic hydroxyl groups is 1. The van der Waals surface area contributed by atoms with Gasteiger partial charge in [-0.2, -0.15) is 0 Å². The fraction of sp³-hybridized carbons (Fsp3) is 0.392. The van der Waals surface area contributed by atoms with E-state index in [4.69, 9.17) is 88.3 Å². The molecule has 0 spiro atoms. The third kappa shape index (κ3) is 25.8. The molecule has 12 rings (SSSR count). The highest BCUT2D eigenvalue weighted by Crippen LogP contribution is 2.31. The van der Waals surface area contributed by atoms with Gasteiger partial charge in [-0.15, -0.1) is 0 Å². The number of hydrogen-bond acceptors (Lipinski definition) is 23. The molecule has 32 nitrogen and oxygen atoms in total. The lowest BCUT2D eigenvalue weighted by Crippen LogP contribution is -2.57. The molecule has 610 valence electrons. The summed E-state index contributed by atoms with van der Waals surface area (Å²) in [6.07, 6.45) is -6.77. The Bertz CT molecular complexity index is 4140. The number of amides is 8. The Hall–Kier alpha value is -10.5. The highest BCUT2D eigenvalue weighted by molar-refractivity contribution is 6.31. The lowest BCUT2D eigenvalue weighted by Gasteiger charge is -2.35. The molecule has 0 aromatic heterocycles. The van der Waals surface area contributed by atoms with Crippen molar-refractivity contribution in [1.82, 2.24) is 10.6 Å². The zero-order valence-corrected chi connectivity index (χ0v) is 65.3. The first kappa shape index (κ1) is 89.1. The molecule has 114 heavy (non-hydrogen) atoms. The van der Waals surface area contributed by atoms with Crippen LogP contribution in [0.1, 0.15) is 37.5 Å². The largest absolute Gasteiger partial charge is 0.478 e. The number of morpholine rings is 6. The van der Waals surface area contributed by atoms with E-state index in [1.807, 2.05) is 48.5 Å². The second-order valence-electron chi connectivity index (χ2n) is 25.6. The van der Waals surface area contributed by atoms with Crippen molar-refractivity contribution in [2.24, 2.45) is 5.73 Å². The molecular weight excluding hydrogens is 1550 g/mol. The van der Waals surface area contributed by atoms with Crippen LogP contribution in [0.15, 0.2) is 146 Å². The number of nitrogens with two attached hydrogens (primary N) is 1. The number of halogens is 3. The molecule has 6 aromatic carbocycles. The first-order valence-electron chi connectivity index (χ1n) is 36.3. The van der Waals surface area contributed by atoms with Gasteiger partial charge in [0.1, 0.15) is 19.8 Å². The van der Waals surface area contributed by atoms with E-state index < -0.39 is 90.0 Å². The number of anilines is 6. The molecule has 0 bridgehead atoms. The zero-order valence-electron chi connectivity index (χ0n) is 63.0. The Morgan fingerprint density at radius 3 is 0.947 bits per heavy atom. The predicted octanol–water partition coefficient (Wildman–Crippen LogP) is 4.70. The SMILES string of the molecule is CC(=O)O[C@@H](C(=O)NCCc1ccc(Cl)cc1)[C@H]1OCCN(c2cccc(N3CCOCC3=O)c2)C1=O.CC(=O)O[C@@H](C(=O)NCCc1ccc(Cl)cc1)[C@H]1OCCN(c2cccc(N3CCOCC3=O)c2)C1=O.CC(=O)O[C@@H](C(=O)O)[C@H]1OCCN(c2cccc(N3CCOCC3=O)c2)C1=O.CO.NCCc1ccc(Cl)cc1. The van der Waals surface area contributed by atoms with Gasteiger partial charge in [-0.05, 0) is 133 Å². The van der Waals surface area contributed by atoms with Gasteiger partial charge in [0.15, 0.2) is 18.3 Å². The van der Waals surface area contributed by atoms with Gasteiger partial charge in [0, 0.05) is 129 Å². The summed E-state index contributed by atoms with van der Waals surface area (Å²) < 4.78 is 47.4. The molecule has 6 aromatic rings. The first-order valence-corrected chi connectivity index (χ1v) is 37.4. The monoisotopic (exact) mass is 1640 g/mol. The van der Waals surface area contributed by atoms with Crippen molar-refractivity contribution in [2.75, 3.05) is 155 Å². The van der Waals surface area contributed by atoms with Crippen molar-refractivity contribution in [3.8, 4) is 0 Å². The minimum atomic E-state index is -1.74. The summed E-state index contributed by atoms with van der Waals surface area (Å²) >= 11 is 17.5. The summed E-state index contributed by atoms with van der Waals surface area (Å²) in [5.74, 6) is -7.16. The number of nitrogens with zero attached hydrogens (tertiary/aromatic N) is 6. The van der Waals surface area contributed by atoms with E-state index >= 15 is 0 Å². The van der Waals surface area contributed by atoms with E-state index in [1.54, 1.807) is 112 Å². The number of carboxylic acid groups (broad SMARTS) is 1. The maximum Gasteiger partial charge on any atom is 0.348 e. The number of benzene rings is 6. The minimum absolute atomic E-state index is 0.0000180. The van der Waals surface area contributed by atoms with Gasteiger partial charge in [0.05, 0.1) is 39.6 Å². The maximum atomic E-state index is 13.4. The Kier molecular flexibility index (Phi) is 35.0. The average Bonchev–Trinajstić information content (AvgIpc) is 0.802. The molecule has 6 N–H and O–H groups in total. The number of carboxylic acids is 1. The number of rotatable bonds is 23. The number of aliphatic carboxylic acids is 1. The molecule has 0 unspecified atom stereocenters. The maximum absolute atomic E-state index is 13.4.